The van der Waals surface area contributed by atoms with Gasteiger partial charge in [0, 0.05) is 0 Å². The average molecular weight is 299 g/mol. The summed E-state index contributed by atoms with van der Waals surface area (Å²) in [6, 6.07) is 0. The molecule has 0 aliphatic rings. The molecule has 2 unspecified atom stereocenters. The number of hydrogen-bond donors (Lipinski definition) is 0. The summed E-state index contributed by atoms with van der Waals surface area (Å²) in [5, 5.41) is 0. The molecular formula is C19H38O2. The molecule has 0 radical (unpaired) electrons. The molecule has 2 heteroatoms. The van der Waals surface area contributed by atoms with Crippen LogP contribution in [0.1, 0.15) is 89.0 Å². The van der Waals surface area contributed by atoms with Crippen molar-refractivity contribution >= 4 is 5.97 Å². The van der Waals surface area contributed by atoms with Crippen molar-refractivity contribution in [2.24, 2.45) is 22.2 Å². The summed E-state index contributed by atoms with van der Waals surface area (Å²) in [6.45, 7) is 23.4. The summed E-state index contributed by atoms with van der Waals surface area (Å²) in [5.74, 6) is 0.288. The van der Waals surface area contributed by atoms with Crippen LogP contribution in [0.25, 0.3) is 0 Å². The number of rotatable bonds is 5. The van der Waals surface area contributed by atoms with E-state index in [1.165, 1.54) is 0 Å². The zero-order valence-electron chi connectivity index (χ0n) is 16.3. The first-order chi connectivity index (χ1) is 9.07. The standard InChI is InChI=1S/C19H38O2/c1-12-14(2)18(9,10)21-15(20)19(11,17(6,7)8)13-16(3,4)5/h14H,12-13H2,1-11H3. The van der Waals surface area contributed by atoms with Crippen LogP contribution in [-0.2, 0) is 9.53 Å². The highest BCUT2D eigenvalue weighted by atomic mass is 16.6. The van der Waals surface area contributed by atoms with E-state index in [-0.39, 0.29) is 16.8 Å². The van der Waals surface area contributed by atoms with E-state index in [0.29, 0.717) is 5.92 Å². The Kier molecular flexibility index (Phi) is 6.14. The molecule has 0 spiro atoms. The molecule has 0 aromatic rings. The number of esters is 1. The van der Waals surface area contributed by atoms with Gasteiger partial charge in [-0.2, -0.15) is 0 Å². The van der Waals surface area contributed by atoms with E-state index in [2.05, 4.69) is 62.3 Å². The first-order valence-corrected chi connectivity index (χ1v) is 8.30. The number of hydrogen-bond acceptors (Lipinski definition) is 2. The Hall–Kier alpha value is -0.530. The van der Waals surface area contributed by atoms with Crippen molar-refractivity contribution in [2.45, 2.75) is 94.6 Å². The van der Waals surface area contributed by atoms with Gasteiger partial charge in [0.15, 0.2) is 0 Å². The summed E-state index contributed by atoms with van der Waals surface area (Å²) in [7, 11) is 0. The summed E-state index contributed by atoms with van der Waals surface area (Å²) in [4.78, 5) is 13.0. The third-order valence-corrected chi connectivity index (χ3v) is 5.14. The lowest BCUT2D eigenvalue weighted by atomic mass is 9.61. The summed E-state index contributed by atoms with van der Waals surface area (Å²) in [6.07, 6.45) is 1.82. The molecule has 126 valence electrons. The monoisotopic (exact) mass is 298 g/mol. The third kappa shape index (κ3) is 5.30. The van der Waals surface area contributed by atoms with Gasteiger partial charge in [0.1, 0.15) is 5.60 Å². The fourth-order valence-corrected chi connectivity index (χ4v) is 2.65. The first-order valence-electron chi connectivity index (χ1n) is 8.30. The smallest absolute Gasteiger partial charge is 0.312 e. The molecule has 0 fully saturated rings. The molecule has 0 aliphatic carbocycles. The van der Waals surface area contributed by atoms with Crippen LogP contribution in [0, 0.1) is 22.2 Å². The largest absolute Gasteiger partial charge is 0.459 e. The molecule has 0 aliphatic heterocycles. The molecular weight excluding hydrogens is 260 g/mol. The van der Waals surface area contributed by atoms with Crippen LogP contribution < -0.4 is 0 Å². The maximum Gasteiger partial charge on any atom is 0.312 e. The van der Waals surface area contributed by atoms with Gasteiger partial charge in [-0.05, 0) is 50.4 Å². The van der Waals surface area contributed by atoms with Crippen molar-refractivity contribution in [2.75, 3.05) is 0 Å². The van der Waals surface area contributed by atoms with E-state index in [0.717, 1.165) is 12.8 Å². The van der Waals surface area contributed by atoms with Crippen LogP contribution >= 0.6 is 0 Å². The van der Waals surface area contributed by atoms with Crippen molar-refractivity contribution in [1.82, 2.24) is 0 Å². The molecule has 0 rings (SSSR count). The quantitative estimate of drug-likeness (QED) is 0.596. The molecule has 0 bridgehead atoms. The van der Waals surface area contributed by atoms with Gasteiger partial charge < -0.3 is 4.74 Å². The van der Waals surface area contributed by atoms with Crippen molar-refractivity contribution in [1.29, 1.82) is 0 Å². The van der Waals surface area contributed by atoms with Gasteiger partial charge in [-0.3, -0.25) is 4.79 Å². The van der Waals surface area contributed by atoms with Crippen LogP contribution in [0.15, 0.2) is 0 Å². The van der Waals surface area contributed by atoms with Gasteiger partial charge in [0.05, 0.1) is 5.41 Å². The predicted molar refractivity (Wildman–Crippen MR) is 91.3 cm³/mol. The lowest BCUT2D eigenvalue weighted by Gasteiger charge is -2.45. The highest BCUT2D eigenvalue weighted by Crippen LogP contribution is 2.48. The average Bonchev–Trinajstić information content (AvgIpc) is 2.23. The minimum atomic E-state index is -0.490. The molecule has 2 atom stereocenters. The maximum atomic E-state index is 13.0. The van der Waals surface area contributed by atoms with Gasteiger partial charge in [-0.1, -0.05) is 55.4 Å². The Bertz CT molecular complexity index is 355. The molecule has 0 heterocycles. The van der Waals surface area contributed by atoms with Gasteiger partial charge >= 0.3 is 5.97 Å². The number of carbonyl (C=O) groups is 1. The van der Waals surface area contributed by atoms with Gasteiger partial charge in [0.2, 0.25) is 0 Å². The van der Waals surface area contributed by atoms with E-state index < -0.39 is 11.0 Å². The summed E-state index contributed by atoms with van der Waals surface area (Å²) in [5.41, 5.74) is -0.962. The Morgan fingerprint density at radius 3 is 1.67 bits per heavy atom. The molecule has 0 aromatic heterocycles. The highest BCUT2D eigenvalue weighted by Gasteiger charge is 2.49. The summed E-state index contributed by atoms with van der Waals surface area (Å²) >= 11 is 0. The molecule has 0 aromatic carbocycles. The van der Waals surface area contributed by atoms with E-state index in [4.69, 9.17) is 4.74 Å². The fourth-order valence-electron chi connectivity index (χ4n) is 2.65. The minimum absolute atomic E-state index is 0.0600. The molecule has 0 amide bonds. The lowest BCUT2D eigenvalue weighted by Crippen LogP contribution is -2.48. The molecule has 0 N–H and O–H groups in total. The van der Waals surface area contributed by atoms with Crippen LogP contribution in [0.5, 0.6) is 0 Å². The van der Waals surface area contributed by atoms with Crippen LogP contribution in [-0.4, -0.2) is 11.6 Å². The zero-order valence-corrected chi connectivity index (χ0v) is 16.3. The Morgan fingerprint density at radius 1 is 0.952 bits per heavy atom. The Labute approximate surface area is 133 Å². The van der Waals surface area contributed by atoms with E-state index >= 15 is 0 Å². The summed E-state index contributed by atoms with van der Waals surface area (Å²) < 4.78 is 5.99. The minimum Gasteiger partial charge on any atom is -0.459 e. The topological polar surface area (TPSA) is 26.3 Å². The molecule has 0 saturated heterocycles. The normalized spacial score (nSPS) is 18.0. The third-order valence-electron chi connectivity index (χ3n) is 5.14. The van der Waals surface area contributed by atoms with Crippen LogP contribution in [0.2, 0.25) is 0 Å². The second-order valence-electron chi connectivity index (χ2n) is 9.62. The van der Waals surface area contributed by atoms with E-state index in [1.54, 1.807) is 0 Å². The predicted octanol–water partition coefficient (Wildman–Crippen LogP) is 5.84. The fraction of sp³-hybridized carbons (Fsp3) is 0.947. The van der Waals surface area contributed by atoms with Crippen molar-refractivity contribution in [3.63, 3.8) is 0 Å². The maximum absolute atomic E-state index is 13.0. The Morgan fingerprint density at radius 2 is 1.38 bits per heavy atom. The first kappa shape index (κ1) is 20.5. The molecule has 21 heavy (non-hydrogen) atoms. The van der Waals surface area contributed by atoms with Crippen molar-refractivity contribution in [3.05, 3.63) is 0 Å². The second-order valence-corrected chi connectivity index (χ2v) is 9.62. The Balaban J connectivity index is 5.44. The zero-order chi connectivity index (χ0) is 17.3. The van der Waals surface area contributed by atoms with Gasteiger partial charge in [0.25, 0.3) is 0 Å². The SMILES string of the molecule is CCC(C)C(C)(C)OC(=O)C(C)(CC(C)(C)C)C(C)(C)C. The molecule has 0 saturated carbocycles. The second kappa shape index (κ2) is 6.30. The van der Waals surface area contributed by atoms with Crippen molar-refractivity contribution in [3.8, 4) is 0 Å². The highest BCUT2D eigenvalue weighted by molar-refractivity contribution is 5.78. The van der Waals surface area contributed by atoms with E-state index in [1.807, 2.05) is 13.8 Å². The number of carbonyl (C=O) groups excluding carboxylic acids is 1. The van der Waals surface area contributed by atoms with E-state index in [9.17, 15) is 4.79 Å². The van der Waals surface area contributed by atoms with Gasteiger partial charge in [-0.15, -0.1) is 0 Å². The van der Waals surface area contributed by atoms with Gasteiger partial charge in [-0.25, -0.2) is 0 Å². The van der Waals surface area contributed by atoms with Crippen molar-refractivity contribution < 1.29 is 9.53 Å². The molecule has 2 nitrogen and oxygen atoms in total. The number of ether oxygens (including phenoxy) is 1. The van der Waals surface area contributed by atoms with Crippen LogP contribution in [0.3, 0.4) is 0 Å². The lowest BCUT2D eigenvalue weighted by molar-refractivity contribution is -0.182. The van der Waals surface area contributed by atoms with Crippen LogP contribution in [0.4, 0.5) is 0 Å².